The lowest BCUT2D eigenvalue weighted by Gasteiger charge is -2.07. The summed E-state index contributed by atoms with van der Waals surface area (Å²) in [6.45, 7) is 3.25. The summed E-state index contributed by atoms with van der Waals surface area (Å²) >= 11 is 1.58. The Bertz CT molecular complexity index is 1030. The monoisotopic (exact) mass is 409 g/mol. The van der Waals surface area contributed by atoms with Crippen molar-refractivity contribution >= 4 is 32.8 Å². The van der Waals surface area contributed by atoms with Crippen LogP contribution in [0.3, 0.4) is 0 Å². The van der Waals surface area contributed by atoms with Crippen LogP contribution in [0.25, 0.3) is 11.0 Å². The summed E-state index contributed by atoms with van der Waals surface area (Å²) in [7, 11) is -3.75. The van der Waals surface area contributed by atoms with Crippen molar-refractivity contribution in [3.05, 3.63) is 48.3 Å². The van der Waals surface area contributed by atoms with E-state index < -0.39 is 10.0 Å². The minimum Gasteiger partial charge on any atom is -0.494 e. The lowest BCUT2D eigenvalue weighted by atomic mass is 10.3. The van der Waals surface area contributed by atoms with Gasteiger partial charge < -0.3 is 9.30 Å². The molecular formula is C18H20FN3O3S2. The molecule has 1 heterocycles. The Morgan fingerprint density at radius 1 is 1.22 bits per heavy atom. The molecule has 6 nitrogen and oxygen atoms in total. The van der Waals surface area contributed by atoms with Crippen molar-refractivity contribution in [1.29, 1.82) is 0 Å². The number of sulfonamides is 1. The lowest BCUT2D eigenvalue weighted by molar-refractivity contribution is 0.318. The van der Waals surface area contributed by atoms with Crippen LogP contribution in [0.2, 0.25) is 0 Å². The Morgan fingerprint density at radius 2 is 1.96 bits per heavy atom. The molecule has 9 heteroatoms. The smallest absolute Gasteiger partial charge is 0.238 e. The maximum atomic E-state index is 12.9. The Morgan fingerprint density at radius 3 is 2.63 bits per heavy atom. The summed E-state index contributed by atoms with van der Waals surface area (Å²) in [4.78, 5) is 4.60. The molecule has 0 saturated heterocycles. The van der Waals surface area contributed by atoms with Crippen LogP contribution < -0.4 is 9.88 Å². The largest absolute Gasteiger partial charge is 0.494 e. The highest BCUT2D eigenvalue weighted by Gasteiger charge is 2.14. The van der Waals surface area contributed by atoms with Gasteiger partial charge in [0, 0.05) is 12.3 Å². The quantitative estimate of drug-likeness (QED) is 0.455. The number of primary sulfonamides is 1. The van der Waals surface area contributed by atoms with E-state index in [1.54, 1.807) is 30.0 Å². The number of ether oxygens (including phenoxy) is 1. The predicted octanol–water partition coefficient (Wildman–Crippen LogP) is 3.40. The summed E-state index contributed by atoms with van der Waals surface area (Å²) in [5.41, 5.74) is 1.48. The molecular weight excluding hydrogens is 389 g/mol. The van der Waals surface area contributed by atoms with Crippen molar-refractivity contribution in [2.24, 2.45) is 5.14 Å². The molecule has 0 unspecified atom stereocenters. The zero-order chi connectivity index (χ0) is 19.4. The van der Waals surface area contributed by atoms with Gasteiger partial charge in [0.25, 0.3) is 0 Å². The highest BCUT2D eigenvalue weighted by atomic mass is 32.2. The fourth-order valence-corrected chi connectivity index (χ4v) is 4.15. The second-order valence-corrected chi connectivity index (χ2v) is 8.46. The topological polar surface area (TPSA) is 87.2 Å². The first-order valence-corrected chi connectivity index (χ1v) is 11.0. The molecule has 0 atom stereocenters. The van der Waals surface area contributed by atoms with Crippen LogP contribution in [0, 0.1) is 5.82 Å². The molecule has 3 rings (SSSR count). The summed E-state index contributed by atoms with van der Waals surface area (Å²) in [6, 6.07) is 10.7. The summed E-state index contributed by atoms with van der Waals surface area (Å²) in [5, 5.41) is 6.01. The molecule has 0 radical (unpaired) electrons. The average molecular weight is 410 g/mol. The molecule has 0 saturated carbocycles. The third-order valence-electron chi connectivity index (χ3n) is 3.93. The van der Waals surface area contributed by atoms with Gasteiger partial charge in [-0.1, -0.05) is 11.8 Å². The van der Waals surface area contributed by atoms with E-state index in [1.165, 1.54) is 24.3 Å². The molecule has 27 heavy (non-hydrogen) atoms. The first-order valence-electron chi connectivity index (χ1n) is 8.42. The highest BCUT2D eigenvalue weighted by Crippen LogP contribution is 2.26. The van der Waals surface area contributed by atoms with E-state index in [1.807, 2.05) is 11.5 Å². The first kappa shape index (κ1) is 19.7. The van der Waals surface area contributed by atoms with E-state index in [2.05, 4.69) is 4.98 Å². The number of thioether (sulfide) groups is 1. The van der Waals surface area contributed by atoms with Crippen LogP contribution in [0.4, 0.5) is 4.39 Å². The molecule has 0 aliphatic heterocycles. The maximum Gasteiger partial charge on any atom is 0.238 e. The molecule has 0 spiro atoms. The van der Waals surface area contributed by atoms with Crippen LogP contribution in [0.5, 0.6) is 5.75 Å². The van der Waals surface area contributed by atoms with E-state index in [0.29, 0.717) is 17.9 Å². The Hall–Kier alpha value is -2.10. The number of benzene rings is 2. The molecule has 144 valence electrons. The van der Waals surface area contributed by atoms with Gasteiger partial charge in [0.15, 0.2) is 5.16 Å². The maximum absolute atomic E-state index is 12.9. The number of nitrogens with zero attached hydrogens (tertiary/aromatic N) is 2. The molecule has 0 amide bonds. The van der Waals surface area contributed by atoms with Crippen molar-refractivity contribution in [1.82, 2.24) is 9.55 Å². The molecule has 2 aromatic carbocycles. The van der Waals surface area contributed by atoms with Gasteiger partial charge in [-0.25, -0.2) is 22.9 Å². The van der Waals surface area contributed by atoms with Gasteiger partial charge in [0.1, 0.15) is 11.6 Å². The number of rotatable bonds is 8. The average Bonchev–Trinajstić information content (AvgIpc) is 2.98. The summed E-state index contributed by atoms with van der Waals surface area (Å²) in [5.74, 6) is 1.13. The number of aromatic nitrogens is 2. The van der Waals surface area contributed by atoms with E-state index in [-0.39, 0.29) is 10.7 Å². The molecule has 0 fully saturated rings. The number of hydrogen-bond acceptors (Lipinski definition) is 5. The van der Waals surface area contributed by atoms with Crippen LogP contribution in [-0.4, -0.2) is 30.3 Å². The van der Waals surface area contributed by atoms with Crippen LogP contribution in [-0.2, 0) is 16.6 Å². The molecule has 3 aromatic rings. The van der Waals surface area contributed by atoms with Crippen molar-refractivity contribution in [2.75, 3.05) is 12.4 Å². The third-order valence-corrected chi connectivity index (χ3v) is 5.91. The van der Waals surface area contributed by atoms with E-state index in [9.17, 15) is 12.8 Å². The minimum atomic E-state index is -3.75. The second-order valence-electron chi connectivity index (χ2n) is 5.84. The fraction of sp³-hybridized carbons (Fsp3) is 0.278. The van der Waals surface area contributed by atoms with Crippen LogP contribution in [0.15, 0.2) is 52.5 Å². The number of aryl methyl sites for hydroxylation is 1. The van der Waals surface area contributed by atoms with Crippen molar-refractivity contribution in [3.8, 4) is 5.75 Å². The normalized spacial score (nSPS) is 11.8. The van der Waals surface area contributed by atoms with Gasteiger partial charge in [-0.15, -0.1) is 0 Å². The molecule has 2 N–H and O–H groups in total. The Balaban J connectivity index is 1.63. The number of nitrogens with two attached hydrogens (primary N) is 1. The number of hydrogen-bond donors (Lipinski definition) is 1. The fourth-order valence-electron chi connectivity index (χ4n) is 2.62. The Kier molecular flexibility index (Phi) is 6.03. The minimum absolute atomic E-state index is 0.0556. The summed E-state index contributed by atoms with van der Waals surface area (Å²) in [6.07, 6.45) is 0.789. The Labute approximate surface area is 161 Å². The van der Waals surface area contributed by atoms with E-state index in [4.69, 9.17) is 9.88 Å². The van der Waals surface area contributed by atoms with Gasteiger partial charge in [-0.05, 0) is 55.8 Å². The van der Waals surface area contributed by atoms with Crippen LogP contribution in [0.1, 0.15) is 13.3 Å². The van der Waals surface area contributed by atoms with Gasteiger partial charge >= 0.3 is 0 Å². The van der Waals surface area contributed by atoms with Crippen molar-refractivity contribution in [2.45, 2.75) is 29.9 Å². The van der Waals surface area contributed by atoms with Gasteiger partial charge in [0.2, 0.25) is 10.0 Å². The number of fused-ring (bicyclic) bond motifs is 1. The van der Waals surface area contributed by atoms with Gasteiger partial charge in [-0.2, -0.15) is 0 Å². The van der Waals surface area contributed by atoms with Gasteiger partial charge in [-0.3, -0.25) is 0 Å². The molecule has 1 aromatic heterocycles. The summed E-state index contributed by atoms with van der Waals surface area (Å²) < 4.78 is 43.5. The zero-order valence-corrected chi connectivity index (χ0v) is 16.4. The number of imidazole rings is 1. The first-order chi connectivity index (χ1) is 12.9. The molecule has 0 aliphatic carbocycles. The highest BCUT2D eigenvalue weighted by molar-refractivity contribution is 7.99. The second kappa shape index (κ2) is 8.28. The van der Waals surface area contributed by atoms with Gasteiger partial charge in [0.05, 0.1) is 22.5 Å². The third kappa shape index (κ3) is 4.79. The SMILES string of the molecule is CCn1c(SCCCOc2ccc(F)cc2)nc2cc(S(N)(=O)=O)ccc21. The lowest BCUT2D eigenvalue weighted by Crippen LogP contribution is -2.11. The predicted molar refractivity (Wildman–Crippen MR) is 104 cm³/mol. The van der Waals surface area contributed by atoms with E-state index in [0.717, 1.165) is 29.4 Å². The number of halogens is 1. The zero-order valence-electron chi connectivity index (χ0n) is 14.8. The van der Waals surface area contributed by atoms with Crippen molar-refractivity contribution in [3.63, 3.8) is 0 Å². The van der Waals surface area contributed by atoms with Crippen LogP contribution >= 0.6 is 11.8 Å². The molecule has 0 aliphatic rings. The standard InChI is InChI=1S/C18H20FN3O3S2/c1-2-22-17-9-8-15(27(20,23)24)12-16(17)21-18(22)26-11-3-10-25-14-6-4-13(19)5-7-14/h4-9,12H,2-3,10-11H2,1H3,(H2,20,23,24). The van der Waals surface area contributed by atoms with E-state index >= 15 is 0 Å². The van der Waals surface area contributed by atoms with Crippen molar-refractivity contribution < 1.29 is 17.5 Å². The molecule has 0 bridgehead atoms.